The number of piperidine rings is 1. The Hall–Kier alpha value is -2.60. The number of rotatable bonds is 4. The first-order valence-corrected chi connectivity index (χ1v) is 10.8. The van der Waals surface area contributed by atoms with Crippen molar-refractivity contribution >= 4 is 34.8 Å². The van der Waals surface area contributed by atoms with Crippen molar-refractivity contribution < 1.29 is 9.59 Å². The number of amides is 2. The Morgan fingerprint density at radius 3 is 2.67 bits per heavy atom. The summed E-state index contributed by atoms with van der Waals surface area (Å²) in [7, 11) is 0. The highest BCUT2D eigenvalue weighted by atomic mass is 35.5. The van der Waals surface area contributed by atoms with Crippen LogP contribution in [0.2, 0.25) is 5.02 Å². The molecule has 0 spiro atoms. The molecule has 1 aromatic heterocycles. The molecule has 0 bridgehead atoms. The average molecular weight is 427 g/mol. The third-order valence-corrected chi connectivity index (χ3v) is 6.37. The van der Waals surface area contributed by atoms with Crippen molar-refractivity contribution in [2.75, 3.05) is 23.3 Å². The van der Waals surface area contributed by atoms with Crippen molar-refractivity contribution in [2.45, 2.75) is 51.6 Å². The van der Waals surface area contributed by atoms with E-state index in [-0.39, 0.29) is 17.9 Å². The van der Waals surface area contributed by atoms with E-state index in [0.717, 1.165) is 42.9 Å². The molecule has 0 radical (unpaired) electrons. The molecule has 0 unspecified atom stereocenters. The molecule has 0 atom stereocenters. The molecule has 4 rings (SSSR count). The van der Waals surface area contributed by atoms with Crippen molar-refractivity contribution in [1.82, 2.24) is 9.88 Å². The molecule has 30 heavy (non-hydrogen) atoms. The van der Waals surface area contributed by atoms with Crippen LogP contribution in [0.5, 0.6) is 0 Å². The molecule has 1 aromatic carbocycles. The van der Waals surface area contributed by atoms with Crippen LogP contribution < -0.4 is 10.2 Å². The maximum Gasteiger partial charge on any atom is 0.259 e. The van der Waals surface area contributed by atoms with Crippen LogP contribution in [0.1, 0.15) is 56.0 Å². The number of benzene rings is 1. The Morgan fingerprint density at radius 2 is 1.97 bits per heavy atom. The van der Waals surface area contributed by atoms with E-state index in [1.165, 1.54) is 0 Å². The maximum absolute atomic E-state index is 13.2. The highest BCUT2D eigenvalue weighted by Gasteiger charge is 2.44. The van der Waals surface area contributed by atoms with Gasteiger partial charge in [0, 0.05) is 36.1 Å². The smallest absolute Gasteiger partial charge is 0.259 e. The highest BCUT2D eigenvalue weighted by Crippen LogP contribution is 2.43. The van der Waals surface area contributed by atoms with Crippen molar-refractivity contribution in [3.05, 3.63) is 52.8 Å². The molecular formula is C23H27ClN4O2. The quantitative estimate of drug-likeness (QED) is 0.784. The number of anilines is 2. The number of fused-ring (bicyclic) bond motifs is 1. The minimum Gasteiger partial charge on any atom is -0.381 e. The third-order valence-electron chi connectivity index (χ3n) is 6.14. The van der Waals surface area contributed by atoms with E-state index in [1.807, 2.05) is 37.8 Å². The monoisotopic (exact) mass is 426 g/mol. The van der Waals surface area contributed by atoms with Crippen molar-refractivity contribution in [1.29, 1.82) is 0 Å². The summed E-state index contributed by atoms with van der Waals surface area (Å²) in [6.07, 6.45) is 5.85. The molecule has 2 aromatic rings. The third kappa shape index (κ3) is 3.65. The van der Waals surface area contributed by atoms with Gasteiger partial charge >= 0.3 is 0 Å². The number of carbonyl (C=O) groups excluding carboxylic acids is 2. The lowest BCUT2D eigenvalue weighted by Crippen LogP contribution is -2.42. The van der Waals surface area contributed by atoms with E-state index >= 15 is 0 Å². The summed E-state index contributed by atoms with van der Waals surface area (Å²) in [5.41, 5.74) is 2.71. The molecule has 1 saturated heterocycles. The molecule has 0 aliphatic carbocycles. The van der Waals surface area contributed by atoms with Gasteiger partial charge in [0.2, 0.25) is 5.91 Å². The average Bonchev–Trinajstić information content (AvgIpc) is 2.93. The zero-order valence-corrected chi connectivity index (χ0v) is 18.4. The standard InChI is InChI=1S/C23H27ClN4O2/c1-4-21(29)27-9-7-16(8-10-27)26-17-12-18(14-25-13-17)28-22(30)19-6-5-15(24)11-20(19)23(28,2)3/h5-6,11-14,16,26H,4,7-10H2,1-3H3. The number of nitrogens with zero attached hydrogens (tertiary/aromatic N) is 3. The SMILES string of the molecule is CCC(=O)N1CCC(Nc2cncc(N3C(=O)c4ccc(Cl)cc4C3(C)C)c2)CC1. The number of hydrogen-bond donors (Lipinski definition) is 1. The van der Waals surface area contributed by atoms with Gasteiger partial charge in [-0.15, -0.1) is 0 Å². The summed E-state index contributed by atoms with van der Waals surface area (Å²) in [4.78, 5) is 33.1. The van der Waals surface area contributed by atoms with Gasteiger partial charge in [-0.25, -0.2) is 0 Å². The molecule has 0 saturated carbocycles. The summed E-state index contributed by atoms with van der Waals surface area (Å²) in [6, 6.07) is 7.67. The van der Waals surface area contributed by atoms with Crippen LogP contribution in [-0.2, 0) is 10.3 Å². The minimum absolute atomic E-state index is 0.0444. The van der Waals surface area contributed by atoms with Crippen molar-refractivity contribution in [2.24, 2.45) is 0 Å². The number of carbonyl (C=O) groups is 2. The van der Waals surface area contributed by atoms with Gasteiger partial charge in [0.05, 0.1) is 29.3 Å². The summed E-state index contributed by atoms with van der Waals surface area (Å²) >= 11 is 6.19. The summed E-state index contributed by atoms with van der Waals surface area (Å²) in [5, 5.41) is 4.16. The normalized spacial score (nSPS) is 18.5. The first-order valence-electron chi connectivity index (χ1n) is 10.4. The largest absolute Gasteiger partial charge is 0.381 e. The molecule has 158 valence electrons. The Bertz CT molecular complexity index is 983. The van der Waals surface area contributed by atoms with E-state index in [4.69, 9.17) is 11.6 Å². The van der Waals surface area contributed by atoms with Gasteiger partial charge in [-0.2, -0.15) is 0 Å². The van der Waals surface area contributed by atoms with E-state index in [0.29, 0.717) is 17.0 Å². The maximum atomic E-state index is 13.2. The lowest BCUT2D eigenvalue weighted by atomic mass is 9.93. The Labute approximate surface area is 182 Å². The van der Waals surface area contributed by atoms with Crippen LogP contribution in [0.15, 0.2) is 36.7 Å². The second-order valence-corrected chi connectivity index (χ2v) is 8.91. The fourth-order valence-corrected chi connectivity index (χ4v) is 4.68. The second kappa shape index (κ2) is 7.91. The van der Waals surface area contributed by atoms with Crippen LogP contribution in [0.3, 0.4) is 0 Å². The molecular weight excluding hydrogens is 400 g/mol. The van der Waals surface area contributed by atoms with Crippen LogP contribution in [0.25, 0.3) is 0 Å². The molecule has 1 N–H and O–H groups in total. The van der Waals surface area contributed by atoms with Gasteiger partial charge in [0.15, 0.2) is 0 Å². The van der Waals surface area contributed by atoms with Gasteiger partial charge in [0.25, 0.3) is 5.91 Å². The first kappa shape index (κ1) is 20.7. The number of nitrogens with one attached hydrogen (secondary N) is 1. The van der Waals surface area contributed by atoms with Crippen molar-refractivity contribution in [3.8, 4) is 0 Å². The van der Waals surface area contributed by atoms with Crippen LogP contribution in [0.4, 0.5) is 11.4 Å². The zero-order valence-electron chi connectivity index (χ0n) is 17.6. The van der Waals surface area contributed by atoms with Gasteiger partial charge in [-0.05, 0) is 56.5 Å². The lowest BCUT2D eigenvalue weighted by molar-refractivity contribution is -0.131. The predicted octanol–water partition coefficient (Wildman–Crippen LogP) is 4.44. The van der Waals surface area contributed by atoms with E-state index in [2.05, 4.69) is 10.3 Å². The summed E-state index contributed by atoms with van der Waals surface area (Å²) < 4.78 is 0. The number of halogens is 1. The number of hydrogen-bond acceptors (Lipinski definition) is 4. The first-order chi connectivity index (χ1) is 14.3. The topological polar surface area (TPSA) is 65.5 Å². The molecule has 2 amide bonds. The summed E-state index contributed by atoms with van der Waals surface area (Å²) in [5.74, 6) is 0.170. The summed E-state index contributed by atoms with van der Waals surface area (Å²) in [6.45, 7) is 7.48. The number of likely N-dealkylation sites (tertiary alicyclic amines) is 1. The molecule has 3 heterocycles. The number of aromatic nitrogens is 1. The van der Waals surface area contributed by atoms with Crippen molar-refractivity contribution in [3.63, 3.8) is 0 Å². The second-order valence-electron chi connectivity index (χ2n) is 8.47. The highest BCUT2D eigenvalue weighted by molar-refractivity contribution is 6.31. The minimum atomic E-state index is -0.524. The molecule has 2 aliphatic rings. The van der Waals surface area contributed by atoms with Crippen LogP contribution in [0, 0.1) is 0 Å². The van der Waals surface area contributed by atoms with Gasteiger partial charge < -0.3 is 10.2 Å². The fraction of sp³-hybridized carbons (Fsp3) is 0.435. The molecule has 2 aliphatic heterocycles. The fourth-order valence-electron chi connectivity index (χ4n) is 4.51. The number of pyridine rings is 1. The lowest BCUT2D eigenvalue weighted by Gasteiger charge is -2.34. The Kier molecular flexibility index (Phi) is 5.45. The van der Waals surface area contributed by atoms with Gasteiger partial charge in [-0.1, -0.05) is 18.5 Å². The Balaban J connectivity index is 1.52. The molecule has 7 heteroatoms. The van der Waals surface area contributed by atoms with E-state index in [9.17, 15) is 9.59 Å². The predicted molar refractivity (Wildman–Crippen MR) is 119 cm³/mol. The van der Waals surface area contributed by atoms with Gasteiger partial charge in [-0.3, -0.25) is 19.5 Å². The zero-order chi connectivity index (χ0) is 21.5. The van der Waals surface area contributed by atoms with E-state index < -0.39 is 5.54 Å². The van der Waals surface area contributed by atoms with Gasteiger partial charge in [0.1, 0.15) is 0 Å². The van der Waals surface area contributed by atoms with Crippen LogP contribution >= 0.6 is 11.6 Å². The van der Waals surface area contributed by atoms with E-state index in [1.54, 1.807) is 29.4 Å². The molecule has 1 fully saturated rings. The van der Waals surface area contributed by atoms with Crippen LogP contribution in [-0.4, -0.2) is 40.8 Å². The Morgan fingerprint density at radius 1 is 1.23 bits per heavy atom. The molecule has 6 nitrogen and oxygen atoms in total.